The van der Waals surface area contributed by atoms with Crippen molar-refractivity contribution >= 4 is 51.9 Å². The number of fused-ring (bicyclic) bond motifs is 14. The highest BCUT2D eigenvalue weighted by atomic mass is 35.5. The number of phenolic OH excluding ortho intramolecular Hbond substituents is 3. The number of Topliss-reactive ketones (excluding diaryl/α,β-unsaturated/α-hetero) is 1. The molecule has 0 aromatic heterocycles. The van der Waals surface area contributed by atoms with Crippen LogP contribution in [0, 0.1) is 30.6 Å². The maximum absolute atomic E-state index is 14.7. The third-order valence-electron chi connectivity index (χ3n) is 13.6. The molecule has 11 atom stereocenters. The number of halogens is 1. The van der Waals surface area contributed by atoms with Gasteiger partial charge in [-0.2, -0.15) is 5.10 Å². The van der Waals surface area contributed by atoms with Gasteiger partial charge in [-0.3, -0.25) is 24.3 Å². The fraction of sp³-hybridized carbons (Fsp3) is 0.490. The summed E-state index contributed by atoms with van der Waals surface area (Å²) in [4.78, 5) is 43.4. The van der Waals surface area contributed by atoms with Crippen LogP contribution >= 0.6 is 11.6 Å². The molecular weight excluding hydrogens is 896 g/mol. The van der Waals surface area contributed by atoms with Crippen LogP contribution in [0.15, 0.2) is 65.5 Å². The Morgan fingerprint density at radius 1 is 0.926 bits per heavy atom. The van der Waals surface area contributed by atoms with Crippen molar-refractivity contribution in [3.8, 4) is 23.0 Å². The van der Waals surface area contributed by atoms with Crippen LogP contribution in [-0.2, 0) is 30.3 Å². The zero-order valence-corrected chi connectivity index (χ0v) is 41.2. The molecule has 1 amide bonds. The van der Waals surface area contributed by atoms with Gasteiger partial charge in [0.05, 0.1) is 65.1 Å². The Morgan fingerprint density at radius 2 is 1.57 bits per heavy atom. The first kappa shape index (κ1) is 51.7. The maximum Gasteiger partial charge on any atom is 0.312 e. The third-order valence-corrected chi connectivity index (χ3v) is 13.9. The van der Waals surface area contributed by atoms with Gasteiger partial charge in [0.1, 0.15) is 23.4 Å². The van der Waals surface area contributed by atoms with Gasteiger partial charge in [-0.15, -0.1) is 0 Å². The second kappa shape index (κ2) is 20.9. The smallest absolute Gasteiger partial charge is 0.312 e. The monoisotopic (exact) mass is 960 g/mol. The Labute approximate surface area is 402 Å². The number of hydrogen-bond acceptors (Lipinski definition) is 15. The van der Waals surface area contributed by atoms with Gasteiger partial charge < -0.3 is 49.8 Å². The van der Waals surface area contributed by atoms with E-state index in [4.69, 9.17) is 35.6 Å². The number of nitrogens with zero attached hydrogens (tertiary/aromatic N) is 3. The molecular formula is C51H65ClN4O12. The highest BCUT2D eigenvalue weighted by molar-refractivity contribution is 6.30. The first-order valence-electron chi connectivity index (χ1n) is 22.9. The number of carbonyl (C=O) groups is 3. The van der Waals surface area contributed by atoms with Crippen molar-refractivity contribution in [2.45, 2.75) is 118 Å². The minimum absolute atomic E-state index is 0.0436. The van der Waals surface area contributed by atoms with Gasteiger partial charge in [0.2, 0.25) is 0 Å². The summed E-state index contributed by atoms with van der Waals surface area (Å²) in [6, 6.07) is 7.40. The van der Waals surface area contributed by atoms with Crippen LogP contribution in [0.2, 0.25) is 5.02 Å². The lowest BCUT2D eigenvalue weighted by Crippen LogP contribution is -2.54. The van der Waals surface area contributed by atoms with Crippen molar-refractivity contribution in [2.24, 2.45) is 28.8 Å². The first-order chi connectivity index (χ1) is 32.0. The van der Waals surface area contributed by atoms with E-state index in [1.54, 1.807) is 39.8 Å². The van der Waals surface area contributed by atoms with Gasteiger partial charge in [-0.25, -0.2) is 0 Å². The molecule has 4 heterocycles. The number of ketones is 1. The average molecular weight is 962 g/mol. The molecule has 0 saturated carbocycles. The number of aliphatic hydroxyl groups is 2. The summed E-state index contributed by atoms with van der Waals surface area (Å²) in [7, 11) is 1.44. The quantitative estimate of drug-likeness (QED) is 0.0617. The van der Waals surface area contributed by atoms with E-state index < -0.39 is 88.8 Å². The van der Waals surface area contributed by atoms with Crippen LogP contribution in [0.5, 0.6) is 23.0 Å². The van der Waals surface area contributed by atoms with Crippen molar-refractivity contribution in [3.63, 3.8) is 0 Å². The van der Waals surface area contributed by atoms with Gasteiger partial charge in [0.15, 0.2) is 5.75 Å². The molecule has 5 bridgehead atoms. The van der Waals surface area contributed by atoms with Crippen LogP contribution < -0.4 is 10.1 Å². The molecule has 6 N–H and O–H groups in total. The highest BCUT2D eigenvalue weighted by Crippen LogP contribution is 2.55. The van der Waals surface area contributed by atoms with E-state index in [0.717, 1.165) is 5.56 Å². The largest absolute Gasteiger partial charge is 0.507 e. The number of phenols is 3. The van der Waals surface area contributed by atoms with Crippen LogP contribution in [0.25, 0.3) is 10.8 Å². The molecule has 1 fully saturated rings. The molecule has 16 nitrogen and oxygen atoms in total. The highest BCUT2D eigenvalue weighted by Gasteiger charge is 2.50. The molecule has 0 aliphatic carbocycles. The van der Waals surface area contributed by atoms with Gasteiger partial charge >= 0.3 is 11.8 Å². The number of nitrogens with one attached hydrogen (secondary N) is 1. The second-order valence-corrected chi connectivity index (χ2v) is 19.2. The van der Waals surface area contributed by atoms with Gasteiger partial charge in [0.25, 0.3) is 11.7 Å². The Bertz CT molecular complexity index is 2510. The lowest BCUT2D eigenvalue weighted by molar-refractivity contribution is -0.160. The summed E-state index contributed by atoms with van der Waals surface area (Å²) in [5, 5.41) is 68.8. The summed E-state index contributed by atoms with van der Waals surface area (Å²) in [6.45, 7) is 18.5. The predicted molar refractivity (Wildman–Crippen MR) is 259 cm³/mol. The van der Waals surface area contributed by atoms with Gasteiger partial charge in [-0.05, 0) is 51.5 Å². The third kappa shape index (κ3) is 10.3. The molecule has 0 radical (unpaired) electrons. The second-order valence-electron chi connectivity index (χ2n) is 18.8. The number of anilines is 1. The van der Waals surface area contributed by atoms with Crippen LogP contribution in [0.1, 0.15) is 89.4 Å². The van der Waals surface area contributed by atoms with Crippen molar-refractivity contribution < 1.29 is 58.9 Å². The fourth-order valence-corrected chi connectivity index (χ4v) is 9.75. The summed E-state index contributed by atoms with van der Waals surface area (Å²) >= 11 is 6.12. The SMILES string of the molecule is CO[C@H]1/C=C/O[C@@]2(C)Oc3c(C)c(O)c4c(O)c(c(/C=N\N5C(C)CN(Cc6ccc(Cl)cc6)CC5C)c(O)c4c3C2=O)NC(=O)/C(C)=C\C=C\[C@H](C)[C@H](O)[C@@H](C)[C@@H](O)[C@@H](C)[C@H](OC(C)=O)[C@@H]1C. The van der Waals surface area contributed by atoms with Crippen molar-refractivity contribution in [1.82, 2.24) is 9.91 Å². The van der Waals surface area contributed by atoms with E-state index in [2.05, 4.69) is 10.2 Å². The number of ether oxygens (including phenoxy) is 4. The minimum Gasteiger partial charge on any atom is -0.507 e. The maximum atomic E-state index is 14.7. The first-order valence-corrected chi connectivity index (χ1v) is 23.3. The topological polar surface area (TPSA) is 220 Å². The lowest BCUT2D eigenvalue weighted by Gasteiger charge is -2.42. The normalized spacial score (nSPS) is 31.6. The van der Waals surface area contributed by atoms with E-state index in [-0.39, 0.29) is 56.6 Å². The number of amides is 1. The number of benzene rings is 3. The number of methoxy groups -OCH3 is 1. The molecule has 2 unspecified atom stereocenters. The summed E-state index contributed by atoms with van der Waals surface area (Å²) < 4.78 is 23.8. The van der Waals surface area contributed by atoms with E-state index in [1.807, 2.05) is 43.1 Å². The summed E-state index contributed by atoms with van der Waals surface area (Å²) in [5.74, 6) is -8.54. The van der Waals surface area contributed by atoms with Gasteiger partial charge in [0, 0.05) is 85.8 Å². The Morgan fingerprint density at radius 3 is 2.19 bits per heavy atom. The molecule has 368 valence electrons. The minimum atomic E-state index is -2.07. The van der Waals surface area contributed by atoms with Crippen LogP contribution in [-0.4, -0.2) is 122 Å². The molecule has 4 aliphatic rings. The van der Waals surface area contributed by atoms with Crippen LogP contribution in [0.3, 0.4) is 0 Å². The van der Waals surface area contributed by atoms with E-state index in [1.165, 1.54) is 59.4 Å². The number of rotatable bonds is 6. The average Bonchev–Trinajstić information content (AvgIpc) is 3.55. The molecule has 0 spiro atoms. The Kier molecular flexibility index (Phi) is 15.9. The number of allylic oxidation sites excluding steroid dienone is 2. The lowest BCUT2D eigenvalue weighted by atomic mass is 9.78. The molecule has 1 saturated heterocycles. The number of carbonyl (C=O) groups excluding carboxylic acids is 3. The Hall–Kier alpha value is -5.65. The van der Waals surface area contributed by atoms with Crippen molar-refractivity contribution in [2.75, 3.05) is 25.5 Å². The van der Waals surface area contributed by atoms with Crippen molar-refractivity contribution in [3.05, 3.63) is 87.7 Å². The van der Waals surface area contributed by atoms with E-state index >= 15 is 0 Å². The summed E-state index contributed by atoms with van der Waals surface area (Å²) in [5.41, 5.74) is 0.664. The molecule has 17 heteroatoms. The fourth-order valence-electron chi connectivity index (χ4n) is 9.63. The standard InChI is InChI=1S/C51H65ClN4O12/c1-25-13-12-14-26(2)50(64)54-41-36(21-53-56-27(3)22-55(23-28(56)4)24-34-15-17-35(52)18-16-34)45(61)38-39(46(41)62)44(60)32(8)48-40(38)49(63)51(10,68-48)66-20-19-37(65-11)29(5)47(67-33(9)57)31(7)43(59)30(6)42(25)58/h12-21,25,27-31,37,42-43,47,58-62H,22-24H2,1-11H3,(H,54,64)/b13-12+,20-19+,26-14-,53-21-/t25-,27?,28?,29+,30+,31+,37-,42-,43+,47+,51-/m0/s1. The van der Waals surface area contributed by atoms with Crippen LogP contribution in [0.4, 0.5) is 5.69 Å². The number of hydrazone groups is 1. The number of piperazine rings is 1. The van der Waals surface area contributed by atoms with E-state index in [9.17, 15) is 39.9 Å². The predicted octanol–water partition coefficient (Wildman–Crippen LogP) is 7.34. The number of aromatic hydroxyl groups is 3. The number of aliphatic hydroxyl groups excluding tert-OH is 2. The molecule has 3 aromatic rings. The zero-order valence-electron chi connectivity index (χ0n) is 40.5. The molecule has 4 aliphatic heterocycles. The Balaban J connectivity index is 1.48. The molecule has 3 aromatic carbocycles. The summed E-state index contributed by atoms with van der Waals surface area (Å²) in [6.07, 6.45) is 4.83. The zero-order chi connectivity index (χ0) is 50.1. The number of hydrogen-bond donors (Lipinski definition) is 6. The number of esters is 1. The van der Waals surface area contributed by atoms with E-state index in [0.29, 0.717) is 24.7 Å². The van der Waals surface area contributed by atoms with Crippen molar-refractivity contribution in [1.29, 1.82) is 0 Å². The van der Waals surface area contributed by atoms with Gasteiger partial charge in [-0.1, -0.05) is 69.7 Å². The molecule has 68 heavy (non-hydrogen) atoms. The molecule has 7 rings (SSSR count).